The molecule has 0 saturated carbocycles. The third-order valence-corrected chi connectivity index (χ3v) is 5.05. The number of fused-ring (bicyclic) bond motifs is 3. The molecular weight excluding hydrogens is 356 g/mol. The van der Waals surface area contributed by atoms with Crippen LogP contribution >= 0.6 is 0 Å². The van der Waals surface area contributed by atoms with Crippen LogP contribution in [-0.2, 0) is 4.79 Å². The Balaban J connectivity index is 1.72. The van der Waals surface area contributed by atoms with E-state index in [2.05, 4.69) is 13.8 Å². The van der Waals surface area contributed by atoms with Crippen LogP contribution in [0.4, 0.5) is 0 Å². The molecule has 0 amide bonds. The van der Waals surface area contributed by atoms with Gasteiger partial charge in [-0.15, -0.1) is 0 Å². The first-order valence-electron chi connectivity index (χ1n) is 9.42. The quantitative estimate of drug-likeness (QED) is 0.436. The van der Waals surface area contributed by atoms with Crippen LogP contribution in [0.5, 0.6) is 17.2 Å². The molecule has 2 aromatic rings. The van der Waals surface area contributed by atoms with Gasteiger partial charge in [-0.25, -0.2) is 0 Å². The highest BCUT2D eigenvalue weighted by molar-refractivity contribution is 6.15. The Morgan fingerprint density at radius 3 is 2.54 bits per heavy atom. The number of Topliss-reactive ketones (excluding diaryl/α,β-unsaturated/α-hetero) is 1. The van der Waals surface area contributed by atoms with E-state index in [1.807, 2.05) is 24.3 Å². The van der Waals surface area contributed by atoms with Crippen LogP contribution in [0, 0.1) is 5.92 Å². The summed E-state index contributed by atoms with van der Waals surface area (Å²) in [6.45, 7) is 4.23. The second kappa shape index (κ2) is 7.15. The first-order chi connectivity index (χ1) is 13.5. The lowest BCUT2D eigenvalue weighted by molar-refractivity contribution is -0.136. The average molecular weight is 378 g/mol. The van der Waals surface area contributed by atoms with Gasteiger partial charge in [0.05, 0.1) is 19.1 Å². The van der Waals surface area contributed by atoms with Crippen molar-refractivity contribution in [1.29, 1.82) is 0 Å². The van der Waals surface area contributed by atoms with Crippen LogP contribution in [-0.4, -0.2) is 18.9 Å². The number of ether oxygens (including phenoxy) is 3. The number of hydrogen-bond donors (Lipinski definition) is 0. The molecule has 28 heavy (non-hydrogen) atoms. The Labute approximate surface area is 163 Å². The molecule has 1 atom stereocenters. The van der Waals surface area contributed by atoms with Crippen LogP contribution in [0.2, 0.25) is 0 Å². The second-order valence-electron chi connectivity index (χ2n) is 7.57. The predicted molar refractivity (Wildman–Crippen MR) is 105 cm³/mol. The molecule has 2 aliphatic rings. The van der Waals surface area contributed by atoms with E-state index in [1.54, 1.807) is 25.3 Å². The van der Waals surface area contributed by atoms with E-state index in [-0.39, 0.29) is 23.4 Å². The van der Waals surface area contributed by atoms with Gasteiger partial charge in [0.2, 0.25) is 5.78 Å². The lowest BCUT2D eigenvalue weighted by atomic mass is 9.84. The molecule has 0 bridgehead atoms. The molecule has 5 heteroatoms. The Hall–Kier alpha value is -3.08. The summed E-state index contributed by atoms with van der Waals surface area (Å²) in [6.07, 6.45) is 2.85. The highest BCUT2D eigenvalue weighted by Crippen LogP contribution is 2.48. The summed E-state index contributed by atoms with van der Waals surface area (Å²) in [7, 11) is 1.61. The first-order valence-corrected chi connectivity index (χ1v) is 9.42. The van der Waals surface area contributed by atoms with Crippen molar-refractivity contribution in [3.05, 3.63) is 58.8 Å². The number of esters is 1. The van der Waals surface area contributed by atoms with Gasteiger partial charge in [-0.1, -0.05) is 26.0 Å². The van der Waals surface area contributed by atoms with E-state index < -0.39 is 0 Å². The minimum absolute atomic E-state index is 0.0145. The minimum Gasteiger partial charge on any atom is -0.497 e. The van der Waals surface area contributed by atoms with Gasteiger partial charge in [-0.3, -0.25) is 9.59 Å². The van der Waals surface area contributed by atoms with Gasteiger partial charge in [0.15, 0.2) is 5.76 Å². The standard InChI is InChI=1S/C23H22O5/c1-13(2)10-15-12-20(24)27-18-9-8-17-22(25)19(28-23(17)21(15)18)11-14-4-6-16(26-3)7-5-14/h4-9,11,13,15H,10,12H2,1-3H3/b19-11-. The molecule has 0 radical (unpaired) electrons. The van der Waals surface area contributed by atoms with E-state index in [4.69, 9.17) is 14.2 Å². The van der Waals surface area contributed by atoms with Crippen molar-refractivity contribution in [3.8, 4) is 17.2 Å². The van der Waals surface area contributed by atoms with Crippen molar-refractivity contribution in [2.75, 3.05) is 7.11 Å². The summed E-state index contributed by atoms with van der Waals surface area (Å²) in [5.74, 6) is 2.04. The molecule has 2 aromatic carbocycles. The summed E-state index contributed by atoms with van der Waals surface area (Å²) in [5.41, 5.74) is 2.19. The molecule has 144 valence electrons. The zero-order valence-corrected chi connectivity index (χ0v) is 16.2. The summed E-state index contributed by atoms with van der Waals surface area (Å²) in [4.78, 5) is 24.9. The first kappa shape index (κ1) is 18.3. The summed E-state index contributed by atoms with van der Waals surface area (Å²) < 4.78 is 16.6. The van der Waals surface area contributed by atoms with E-state index >= 15 is 0 Å². The molecule has 0 aromatic heterocycles. The number of hydrogen-bond acceptors (Lipinski definition) is 5. The van der Waals surface area contributed by atoms with Crippen LogP contribution in [0.3, 0.4) is 0 Å². The Morgan fingerprint density at radius 2 is 1.86 bits per heavy atom. The molecule has 1 unspecified atom stereocenters. The SMILES string of the molecule is COc1ccc(/C=C2\Oc3c(ccc4c3C(CC(C)C)CC(=O)O4)C2=O)cc1. The van der Waals surface area contributed by atoms with E-state index in [0.717, 1.165) is 23.3 Å². The van der Waals surface area contributed by atoms with Gasteiger partial charge in [-0.05, 0) is 48.2 Å². The fourth-order valence-electron chi connectivity index (χ4n) is 3.82. The average Bonchev–Trinajstić information content (AvgIpc) is 2.97. The molecule has 0 spiro atoms. The largest absolute Gasteiger partial charge is 0.497 e. The lowest BCUT2D eigenvalue weighted by Gasteiger charge is -2.27. The minimum atomic E-state index is -0.239. The van der Waals surface area contributed by atoms with Crippen LogP contribution in [0.25, 0.3) is 6.08 Å². The Morgan fingerprint density at radius 1 is 1.11 bits per heavy atom. The molecule has 4 rings (SSSR count). The van der Waals surface area contributed by atoms with Gasteiger partial charge in [0.25, 0.3) is 0 Å². The number of ketones is 1. The Kier molecular flexibility index (Phi) is 4.67. The van der Waals surface area contributed by atoms with Crippen molar-refractivity contribution in [2.45, 2.75) is 32.6 Å². The zero-order chi connectivity index (χ0) is 19.8. The highest BCUT2D eigenvalue weighted by Gasteiger charge is 2.37. The van der Waals surface area contributed by atoms with Crippen LogP contribution < -0.4 is 14.2 Å². The lowest BCUT2D eigenvalue weighted by Crippen LogP contribution is -2.21. The van der Waals surface area contributed by atoms with Crippen molar-refractivity contribution in [2.24, 2.45) is 5.92 Å². The van der Waals surface area contributed by atoms with Gasteiger partial charge < -0.3 is 14.2 Å². The summed E-state index contributed by atoms with van der Waals surface area (Å²) in [6, 6.07) is 10.8. The molecule has 5 nitrogen and oxygen atoms in total. The molecule has 2 aliphatic heterocycles. The molecule has 0 aliphatic carbocycles. The van der Waals surface area contributed by atoms with E-state index in [0.29, 0.717) is 29.4 Å². The normalized spacial score (nSPS) is 19.3. The number of methoxy groups -OCH3 is 1. The van der Waals surface area contributed by atoms with Crippen LogP contribution in [0.1, 0.15) is 54.1 Å². The van der Waals surface area contributed by atoms with Crippen molar-refractivity contribution >= 4 is 17.8 Å². The van der Waals surface area contributed by atoms with Crippen molar-refractivity contribution < 1.29 is 23.8 Å². The number of benzene rings is 2. The molecule has 0 saturated heterocycles. The van der Waals surface area contributed by atoms with Crippen molar-refractivity contribution in [3.63, 3.8) is 0 Å². The fourth-order valence-corrected chi connectivity index (χ4v) is 3.82. The molecule has 0 fully saturated rings. The topological polar surface area (TPSA) is 61.8 Å². The van der Waals surface area contributed by atoms with Gasteiger partial charge in [0, 0.05) is 11.5 Å². The zero-order valence-electron chi connectivity index (χ0n) is 16.2. The summed E-state index contributed by atoms with van der Waals surface area (Å²) in [5, 5.41) is 0. The summed E-state index contributed by atoms with van der Waals surface area (Å²) >= 11 is 0. The maximum absolute atomic E-state index is 12.9. The highest BCUT2D eigenvalue weighted by atomic mass is 16.5. The number of carbonyl (C=O) groups is 2. The third kappa shape index (κ3) is 3.28. The molecule has 0 N–H and O–H groups in total. The van der Waals surface area contributed by atoms with E-state index in [1.165, 1.54) is 0 Å². The fraction of sp³-hybridized carbons (Fsp3) is 0.304. The Bertz CT molecular complexity index is 969. The second-order valence-corrected chi connectivity index (χ2v) is 7.57. The molecular formula is C23H22O5. The number of rotatable bonds is 4. The molecule has 2 heterocycles. The van der Waals surface area contributed by atoms with Gasteiger partial charge in [0.1, 0.15) is 17.2 Å². The predicted octanol–water partition coefficient (Wildman–Crippen LogP) is 4.75. The third-order valence-electron chi connectivity index (χ3n) is 5.05. The monoisotopic (exact) mass is 378 g/mol. The van der Waals surface area contributed by atoms with Gasteiger partial charge in [-0.2, -0.15) is 0 Å². The number of allylic oxidation sites excluding steroid dienone is 1. The maximum Gasteiger partial charge on any atom is 0.311 e. The maximum atomic E-state index is 12.9. The number of carbonyl (C=O) groups excluding carboxylic acids is 2. The van der Waals surface area contributed by atoms with Crippen LogP contribution in [0.15, 0.2) is 42.2 Å². The van der Waals surface area contributed by atoms with E-state index in [9.17, 15) is 9.59 Å². The smallest absolute Gasteiger partial charge is 0.311 e. The van der Waals surface area contributed by atoms with Gasteiger partial charge >= 0.3 is 5.97 Å². The van der Waals surface area contributed by atoms with Crippen molar-refractivity contribution in [1.82, 2.24) is 0 Å².